The number of carbonyl (C=O) groups excluding carboxylic acids is 2. The van der Waals surface area contributed by atoms with Crippen molar-refractivity contribution >= 4 is 39.6 Å². The number of nitrogens with zero attached hydrogens (tertiary/aromatic N) is 3. The average molecular weight is 414 g/mol. The number of aryl methyl sites for hydroxylation is 1. The van der Waals surface area contributed by atoms with Gasteiger partial charge in [0.05, 0.1) is 22.6 Å². The molecule has 1 unspecified atom stereocenters. The summed E-state index contributed by atoms with van der Waals surface area (Å²) in [7, 11) is 0. The Hall–Kier alpha value is -3.37. The van der Waals surface area contributed by atoms with Gasteiger partial charge in [-0.15, -0.1) is 0 Å². The molecule has 0 fully saturated rings. The van der Waals surface area contributed by atoms with E-state index in [-0.39, 0.29) is 22.7 Å². The lowest BCUT2D eigenvalue weighted by Crippen LogP contribution is -2.45. The maximum absolute atomic E-state index is 14.7. The molecule has 0 saturated heterocycles. The number of nitrogens with two attached hydrogens (primary N) is 2. The minimum absolute atomic E-state index is 0.0445. The van der Waals surface area contributed by atoms with Crippen LogP contribution in [0.5, 0.6) is 0 Å². The number of pyridine rings is 1. The highest BCUT2D eigenvalue weighted by Gasteiger charge is 2.25. The Morgan fingerprint density at radius 2 is 2.07 bits per heavy atom. The molecule has 2 aromatic heterocycles. The summed E-state index contributed by atoms with van der Waals surface area (Å²) in [6, 6.07) is 6.46. The number of benzene rings is 1. The number of halogens is 1. The molecule has 29 heavy (non-hydrogen) atoms. The van der Waals surface area contributed by atoms with Crippen LogP contribution in [0.25, 0.3) is 0 Å². The molecule has 0 spiro atoms. The smallest absolute Gasteiger partial charge is 0.250 e. The number of carbonyl (C=O) groups is 2. The van der Waals surface area contributed by atoms with Crippen molar-refractivity contribution < 1.29 is 14.0 Å². The first-order valence-electron chi connectivity index (χ1n) is 8.59. The van der Waals surface area contributed by atoms with Gasteiger partial charge < -0.3 is 11.1 Å². The van der Waals surface area contributed by atoms with Crippen molar-refractivity contribution in [2.75, 3.05) is 10.3 Å². The van der Waals surface area contributed by atoms with Crippen LogP contribution in [0.15, 0.2) is 42.7 Å². The van der Waals surface area contributed by atoms with Crippen LogP contribution < -0.4 is 21.9 Å². The summed E-state index contributed by atoms with van der Waals surface area (Å²) in [5.41, 5.74) is 6.68. The van der Waals surface area contributed by atoms with E-state index in [9.17, 15) is 14.0 Å². The SMILES string of the molecule is Cc1cc(Nc2cc(N(N)C(C)C(=O)c3cccnc3)c(F)cc2C(N)=O)sn1. The van der Waals surface area contributed by atoms with Gasteiger partial charge in [0.15, 0.2) is 5.78 Å². The summed E-state index contributed by atoms with van der Waals surface area (Å²) in [5, 5.41) is 4.66. The van der Waals surface area contributed by atoms with Crippen molar-refractivity contribution in [1.82, 2.24) is 9.36 Å². The number of hydrogen-bond acceptors (Lipinski definition) is 8. The van der Waals surface area contributed by atoms with Gasteiger partial charge in [-0.05, 0) is 55.7 Å². The van der Waals surface area contributed by atoms with E-state index in [1.807, 2.05) is 6.92 Å². The summed E-state index contributed by atoms with van der Waals surface area (Å²) in [4.78, 5) is 28.3. The van der Waals surface area contributed by atoms with Crippen LogP contribution >= 0.6 is 11.5 Å². The number of rotatable bonds is 7. The van der Waals surface area contributed by atoms with E-state index in [2.05, 4.69) is 14.7 Å². The third-order valence-corrected chi connectivity index (χ3v) is 5.06. The number of Topliss-reactive ketones (excluding diaryl/α,β-unsaturated/α-hetero) is 1. The predicted molar refractivity (Wildman–Crippen MR) is 110 cm³/mol. The molecule has 0 aliphatic carbocycles. The van der Waals surface area contributed by atoms with Gasteiger partial charge in [-0.2, -0.15) is 4.37 Å². The van der Waals surface area contributed by atoms with Gasteiger partial charge >= 0.3 is 0 Å². The Kier molecular flexibility index (Phi) is 5.85. The number of ketones is 1. The molecule has 1 aromatic carbocycles. The van der Waals surface area contributed by atoms with Crippen molar-refractivity contribution in [2.24, 2.45) is 11.6 Å². The second-order valence-corrected chi connectivity index (χ2v) is 7.17. The van der Waals surface area contributed by atoms with Crippen LogP contribution in [0.4, 0.5) is 20.8 Å². The summed E-state index contributed by atoms with van der Waals surface area (Å²) in [6.07, 6.45) is 2.96. The fraction of sp³-hybridized carbons (Fsp3) is 0.158. The predicted octanol–water partition coefficient (Wildman–Crippen LogP) is 2.78. The van der Waals surface area contributed by atoms with Gasteiger partial charge in [-0.3, -0.25) is 19.6 Å². The Morgan fingerprint density at radius 3 is 2.66 bits per heavy atom. The highest BCUT2D eigenvalue weighted by atomic mass is 32.1. The third-order valence-electron chi connectivity index (χ3n) is 4.26. The molecule has 5 N–H and O–H groups in total. The molecule has 1 atom stereocenters. The zero-order valence-corrected chi connectivity index (χ0v) is 16.5. The van der Waals surface area contributed by atoms with Crippen molar-refractivity contribution in [3.8, 4) is 0 Å². The molecule has 1 amide bonds. The Morgan fingerprint density at radius 1 is 1.31 bits per heavy atom. The van der Waals surface area contributed by atoms with E-state index in [4.69, 9.17) is 11.6 Å². The lowest BCUT2D eigenvalue weighted by atomic mass is 10.1. The lowest BCUT2D eigenvalue weighted by molar-refractivity contribution is 0.0961. The first-order valence-corrected chi connectivity index (χ1v) is 9.37. The monoisotopic (exact) mass is 414 g/mol. The molecule has 0 radical (unpaired) electrons. The maximum Gasteiger partial charge on any atom is 0.250 e. The fourth-order valence-electron chi connectivity index (χ4n) is 2.71. The molecule has 2 heterocycles. The highest BCUT2D eigenvalue weighted by Crippen LogP contribution is 2.31. The second-order valence-electron chi connectivity index (χ2n) is 6.36. The summed E-state index contributed by atoms with van der Waals surface area (Å²) < 4.78 is 18.9. The molecule has 0 aliphatic heterocycles. The first-order chi connectivity index (χ1) is 13.8. The maximum atomic E-state index is 14.7. The zero-order valence-electron chi connectivity index (χ0n) is 15.7. The molecule has 150 valence electrons. The Bertz CT molecular complexity index is 1060. The van der Waals surface area contributed by atoms with E-state index in [1.165, 1.54) is 23.8 Å². The quantitative estimate of drug-likeness (QED) is 0.308. The topological polar surface area (TPSA) is 127 Å². The van der Waals surface area contributed by atoms with Crippen LogP contribution in [0.1, 0.15) is 33.3 Å². The number of aromatic nitrogens is 2. The molecule has 0 aliphatic rings. The largest absolute Gasteiger partial charge is 0.366 e. The van der Waals surface area contributed by atoms with Gasteiger partial charge in [-0.25, -0.2) is 10.2 Å². The molecule has 10 heteroatoms. The van der Waals surface area contributed by atoms with Crippen LogP contribution in [0, 0.1) is 12.7 Å². The minimum atomic E-state index is -0.883. The van der Waals surface area contributed by atoms with E-state index in [0.717, 1.165) is 16.8 Å². The van der Waals surface area contributed by atoms with E-state index in [0.29, 0.717) is 10.6 Å². The standard InChI is InChI=1S/C19H19FN6O2S/c1-10-6-17(29-25-10)24-15-8-16(14(20)7-13(15)19(21)28)26(22)11(2)18(27)12-4-3-5-23-9-12/h3-9,11,24H,22H2,1-2H3,(H2,21,28). The molecule has 0 saturated carbocycles. The van der Waals surface area contributed by atoms with Crippen LogP contribution in [0.2, 0.25) is 0 Å². The fourth-order valence-corrected chi connectivity index (χ4v) is 3.38. The number of anilines is 3. The second kappa shape index (κ2) is 8.33. The Balaban J connectivity index is 1.96. The minimum Gasteiger partial charge on any atom is -0.366 e. The summed E-state index contributed by atoms with van der Waals surface area (Å²) >= 11 is 1.18. The number of amides is 1. The van der Waals surface area contributed by atoms with Crippen molar-refractivity contribution in [1.29, 1.82) is 0 Å². The molecular weight excluding hydrogens is 395 g/mol. The molecule has 0 bridgehead atoms. The lowest BCUT2D eigenvalue weighted by Gasteiger charge is -2.26. The number of nitrogens with one attached hydrogen (secondary N) is 1. The van der Waals surface area contributed by atoms with Gasteiger partial charge in [0.25, 0.3) is 5.91 Å². The van der Waals surface area contributed by atoms with Crippen LogP contribution in [-0.4, -0.2) is 27.1 Å². The van der Waals surface area contributed by atoms with Gasteiger partial charge in [-0.1, -0.05) is 0 Å². The third kappa shape index (κ3) is 4.39. The van der Waals surface area contributed by atoms with Crippen molar-refractivity contribution in [2.45, 2.75) is 19.9 Å². The molecule has 3 aromatic rings. The van der Waals surface area contributed by atoms with Gasteiger partial charge in [0.1, 0.15) is 16.9 Å². The summed E-state index contributed by atoms with van der Waals surface area (Å²) in [6.45, 7) is 3.37. The van der Waals surface area contributed by atoms with Gasteiger partial charge in [0, 0.05) is 18.0 Å². The number of hydrazine groups is 1. The van der Waals surface area contributed by atoms with E-state index < -0.39 is 17.8 Å². The normalized spacial score (nSPS) is 11.7. The number of hydrogen-bond donors (Lipinski definition) is 3. The van der Waals surface area contributed by atoms with Crippen LogP contribution in [0.3, 0.4) is 0 Å². The molecule has 8 nitrogen and oxygen atoms in total. The van der Waals surface area contributed by atoms with Crippen molar-refractivity contribution in [3.05, 3.63) is 65.4 Å². The van der Waals surface area contributed by atoms with Crippen LogP contribution in [-0.2, 0) is 0 Å². The molecular formula is C19H19FN6O2S. The Labute approximate surface area is 170 Å². The average Bonchev–Trinajstić information content (AvgIpc) is 3.12. The summed E-state index contributed by atoms with van der Waals surface area (Å²) in [5.74, 6) is 4.16. The van der Waals surface area contributed by atoms with Gasteiger partial charge in [0.2, 0.25) is 0 Å². The van der Waals surface area contributed by atoms with E-state index in [1.54, 1.807) is 31.3 Å². The van der Waals surface area contributed by atoms with Crippen molar-refractivity contribution in [3.63, 3.8) is 0 Å². The highest BCUT2D eigenvalue weighted by molar-refractivity contribution is 7.10. The first kappa shape index (κ1) is 20.4. The molecule has 3 rings (SSSR count). The van der Waals surface area contributed by atoms with E-state index >= 15 is 0 Å². The number of primary amides is 1. The zero-order chi connectivity index (χ0) is 21.1.